The molecule has 0 spiro atoms. The minimum Gasteiger partial charge on any atom is -0.507 e. The Kier molecular flexibility index (Phi) is 6.24. The van der Waals surface area contributed by atoms with E-state index in [-0.39, 0.29) is 11.3 Å². The molecule has 1 N–H and O–H groups in total. The number of aliphatic hydroxyl groups is 1. The van der Waals surface area contributed by atoms with Gasteiger partial charge in [-0.1, -0.05) is 32.0 Å². The summed E-state index contributed by atoms with van der Waals surface area (Å²) >= 11 is 1.42. The standard InChI is InChI=1S/C26H25NO5S/c1-15(2)16-7-9-17(10-8-16)27-23(21-6-5-13-33-21)22(25(29)26(27)30)24(28)19-12-11-18(31-3)14-20(19)32-4/h5-15,23,28H,1-4H3/b24-22-. The number of carbonyl (C=O) groups is 2. The highest BCUT2D eigenvalue weighted by Gasteiger charge is 2.47. The summed E-state index contributed by atoms with van der Waals surface area (Å²) in [5.41, 5.74) is 2.07. The monoisotopic (exact) mass is 463 g/mol. The van der Waals surface area contributed by atoms with Crippen molar-refractivity contribution in [3.63, 3.8) is 0 Å². The van der Waals surface area contributed by atoms with Gasteiger partial charge < -0.3 is 14.6 Å². The normalized spacial score (nSPS) is 17.6. The number of ether oxygens (including phenoxy) is 2. The van der Waals surface area contributed by atoms with Gasteiger partial charge in [0.2, 0.25) is 0 Å². The number of nitrogens with zero attached hydrogens (tertiary/aromatic N) is 1. The van der Waals surface area contributed by atoms with Crippen LogP contribution in [0.25, 0.3) is 5.76 Å². The first-order chi connectivity index (χ1) is 15.9. The molecule has 1 amide bonds. The molecule has 2 aromatic carbocycles. The molecule has 4 rings (SSSR count). The van der Waals surface area contributed by atoms with Crippen LogP contribution in [-0.2, 0) is 9.59 Å². The quantitative estimate of drug-likeness (QED) is 0.296. The summed E-state index contributed by atoms with van der Waals surface area (Å²) in [4.78, 5) is 28.7. The van der Waals surface area contributed by atoms with Crippen LogP contribution < -0.4 is 14.4 Å². The zero-order chi connectivity index (χ0) is 23.7. The van der Waals surface area contributed by atoms with Crippen molar-refractivity contribution in [2.24, 2.45) is 0 Å². The molecule has 3 aromatic rings. The smallest absolute Gasteiger partial charge is 0.300 e. The van der Waals surface area contributed by atoms with Crippen molar-refractivity contribution in [1.82, 2.24) is 0 Å². The van der Waals surface area contributed by atoms with Gasteiger partial charge in [-0.25, -0.2) is 0 Å². The van der Waals surface area contributed by atoms with Crippen molar-refractivity contribution >= 4 is 34.5 Å². The molecule has 1 saturated heterocycles. The third-order valence-electron chi connectivity index (χ3n) is 5.76. The lowest BCUT2D eigenvalue weighted by molar-refractivity contribution is -0.132. The van der Waals surface area contributed by atoms with Crippen molar-refractivity contribution in [3.8, 4) is 11.5 Å². The molecule has 0 saturated carbocycles. The predicted molar refractivity (Wildman–Crippen MR) is 129 cm³/mol. The second kappa shape index (κ2) is 9.11. The van der Waals surface area contributed by atoms with Gasteiger partial charge in [0, 0.05) is 16.6 Å². The number of hydrogen-bond donors (Lipinski definition) is 1. The number of benzene rings is 2. The molecule has 1 unspecified atom stereocenters. The lowest BCUT2D eigenvalue weighted by Gasteiger charge is -2.24. The number of rotatable bonds is 6. The van der Waals surface area contributed by atoms with Gasteiger partial charge in [0.1, 0.15) is 23.3 Å². The maximum Gasteiger partial charge on any atom is 0.300 e. The van der Waals surface area contributed by atoms with Crippen LogP contribution in [0.2, 0.25) is 0 Å². The van der Waals surface area contributed by atoms with Crippen LogP contribution in [0.15, 0.2) is 65.6 Å². The van der Waals surface area contributed by atoms with E-state index in [0.717, 1.165) is 10.4 Å². The summed E-state index contributed by atoms with van der Waals surface area (Å²) in [5, 5.41) is 13.2. The zero-order valence-electron chi connectivity index (χ0n) is 18.9. The summed E-state index contributed by atoms with van der Waals surface area (Å²) in [6, 6.07) is 15.5. The van der Waals surface area contributed by atoms with Crippen LogP contribution >= 0.6 is 11.3 Å². The van der Waals surface area contributed by atoms with Gasteiger partial charge in [-0.3, -0.25) is 14.5 Å². The van der Waals surface area contributed by atoms with Crippen LogP contribution in [0.4, 0.5) is 5.69 Å². The third-order valence-corrected chi connectivity index (χ3v) is 6.68. The Balaban J connectivity index is 1.89. The largest absolute Gasteiger partial charge is 0.507 e. The number of ketones is 1. The molecule has 1 atom stereocenters. The lowest BCUT2D eigenvalue weighted by atomic mass is 9.98. The number of thiophene rings is 1. The van der Waals surface area contributed by atoms with Gasteiger partial charge in [-0.05, 0) is 47.2 Å². The number of hydrogen-bond acceptors (Lipinski definition) is 6. The molecule has 7 heteroatoms. The molecule has 1 aromatic heterocycles. The van der Waals surface area contributed by atoms with E-state index >= 15 is 0 Å². The fraction of sp³-hybridized carbons (Fsp3) is 0.231. The first-order valence-electron chi connectivity index (χ1n) is 10.5. The maximum atomic E-state index is 13.2. The van der Waals surface area contributed by atoms with Crippen molar-refractivity contribution in [3.05, 3.63) is 81.6 Å². The minimum absolute atomic E-state index is 0.0267. The number of methoxy groups -OCH3 is 2. The Bertz CT molecular complexity index is 1210. The van der Waals surface area contributed by atoms with E-state index in [9.17, 15) is 14.7 Å². The molecule has 2 heterocycles. The van der Waals surface area contributed by atoms with Crippen molar-refractivity contribution in [2.45, 2.75) is 25.8 Å². The Morgan fingerprint density at radius 3 is 2.33 bits per heavy atom. The second-order valence-electron chi connectivity index (χ2n) is 8.00. The topological polar surface area (TPSA) is 76.1 Å². The van der Waals surface area contributed by atoms with Crippen molar-refractivity contribution in [1.29, 1.82) is 0 Å². The van der Waals surface area contributed by atoms with Crippen LogP contribution in [0, 0.1) is 0 Å². The average molecular weight is 464 g/mol. The predicted octanol–water partition coefficient (Wildman–Crippen LogP) is 5.52. The fourth-order valence-electron chi connectivity index (χ4n) is 3.97. The minimum atomic E-state index is -0.748. The van der Waals surface area contributed by atoms with Gasteiger partial charge in [0.25, 0.3) is 11.7 Å². The van der Waals surface area contributed by atoms with Crippen molar-refractivity contribution < 1.29 is 24.2 Å². The molecule has 0 radical (unpaired) electrons. The van der Waals surface area contributed by atoms with Crippen LogP contribution in [-0.4, -0.2) is 31.0 Å². The van der Waals surface area contributed by atoms with E-state index in [4.69, 9.17) is 9.47 Å². The third kappa shape index (κ3) is 4.00. The summed E-state index contributed by atoms with van der Waals surface area (Å²) in [6.07, 6.45) is 0. The second-order valence-corrected chi connectivity index (χ2v) is 8.98. The molecule has 1 fully saturated rings. The Morgan fingerprint density at radius 1 is 1.03 bits per heavy atom. The summed E-state index contributed by atoms with van der Waals surface area (Å²) in [6.45, 7) is 4.18. The van der Waals surface area contributed by atoms with E-state index in [1.165, 1.54) is 30.5 Å². The highest BCUT2D eigenvalue weighted by atomic mass is 32.1. The van der Waals surface area contributed by atoms with E-state index in [0.29, 0.717) is 28.7 Å². The van der Waals surface area contributed by atoms with Gasteiger partial charge in [-0.15, -0.1) is 11.3 Å². The van der Waals surface area contributed by atoms with Crippen LogP contribution in [0.1, 0.15) is 41.8 Å². The van der Waals surface area contributed by atoms with Gasteiger partial charge >= 0.3 is 0 Å². The number of carbonyl (C=O) groups excluding carboxylic acids is 2. The summed E-state index contributed by atoms with van der Waals surface area (Å²) < 4.78 is 10.7. The number of amides is 1. The van der Waals surface area contributed by atoms with Crippen molar-refractivity contribution in [2.75, 3.05) is 19.1 Å². The summed E-state index contributed by atoms with van der Waals surface area (Å²) in [7, 11) is 3.00. The summed E-state index contributed by atoms with van der Waals surface area (Å²) in [5.74, 6) is -0.484. The van der Waals surface area contributed by atoms with Gasteiger partial charge in [-0.2, -0.15) is 0 Å². The highest BCUT2D eigenvalue weighted by molar-refractivity contribution is 7.10. The van der Waals surface area contributed by atoms with E-state index < -0.39 is 17.7 Å². The Morgan fingerprint density at radius 2 is 1.76 bits per heavy atom. The van der Waals surface area contributed by atoms with E-state index in [1.54, 1.807) is 18.2 Å². The molecule has 1 aliphatic heterocycles. The maximum absolute atomic E-state index is 13.2. The van der Waals surface area contributed by atoms with Gasteiger partial charge in [0.05, 0.1) is 25.4 Å². The average Bonchev–Trinajstić information content (AvgIpc) is 3.45. The van der Waals surface area contributed by atoms with E-state index in [1.807, 2.05) is 41.8 Å². The zero-order valence-corrected chi connectivity index (χ0v) is 19.7. The Labute approximate surface area is 196 Å². The SMILES string of the molecule is COc1ccc(/C(O)=C2/C(=O)C(=O)N(c3ccc(C(C)C)cc3)C2c2cccs2)c(OC)c1. The van der Waals surface area contributed by atoms with Gasteiger partial charge in [0.15, 0.2) is 0 Å². The molecular weight excluding hydrogens is 438 g/mol. The lowest BCUT2D eigenvalue weighted by Crippen LogP contribution is -2.29. The first-order valence-corrected chi connectivity index (χ1v) is 11.4. The number of anilines is 1. The molecule has 33 heavy (non-hydrogen) atoms. The number of Topliss-reactive ketones (excluding diaryl/α,β-unsaturated/α-hetero) is 1. The molecule has 170 valence electrons. The Hall–Kier alpha value is -3.58. The molecule has 6 nitrogen and oxygen atoms in total. The highest BCUT2D eigenvalue weighted by Crippen LogP contribution is 2.45. The molecule has 0 bridgehead atoms. The van der Waals surface area contributed by atoms with Crippen LogP contribution in [0.5, 0.6) is 11.5 Å². The molecule has 1 aliphatic rings. The van der Waals surface area contributed by atoms with E-state index in [2.05, 4.69) is 13.8 Å². The first kappa shape index (κ1) is 22.6. The van der Waals surface area contributed by atoms with Crippen LogP contribution in [0.3, 0.4) is 0 Å². The molecular formula is C26H25NO5S. The number of aliphatic hydroxyl groups excluding tert-OH is 1. The molecule has 0 aliphatic carbocycles. The fourth-order valence-corrected chi connectivity index (χ4v) is 4.80.